The number of nitrogens with zero attached hydrogens (tertiary/aromatic N) is 16. The van der Waals surface area contributed by atoms with E-state index < -0.39 is 46.1 Å². The van der Waals surface area contributed by atoms with Crippen LogP contribution >= 0.6 is 0 Å². The van der Waals surface area contributed by atoms with Gasteiger partial charge in [-0.3, -0.25) is 0 Å². The Bertz CT molecular complexity index is 6010. The van der Waals surface area contributed by atoms with Gasteiger partial charge in [-0.1, -0.05) is 48.5 Å². The number of hydrogen-bond acceptors (Lipinski definition) is 28. The van der Waals surface area contributed by atoms with Crippen molar-refractivity contribution in [1.29, 1.82) is 0 Å². The Labute approximate surface area is 859 Å². The number of aromatic nitrogens is 12. The SMILES string of the molecule is CC1c2cc3c4c(COc5ccc(-c6cn(CC7CCCN7C(=O)OC(C)(C)C)nn6)cc5)c2OCOc2c1cc1c(c2COc2ccc(-c5cn(CC6CCCN6C(=O)OC(C)(C)C)nn5)cc2)OCOc2c(cc5c(c2COc2ccc(-c6cn(CC7CCCN7C(=O)OC(C)(C)C)nn6)cc2)OCOc2c(cc(c(c2COc2ccc(-c6cn(CC7CCCN7C(=O)OC(C)(C)C)nn6)cc2)OCO4)C3C)C5C)C1C. The molecule has 1 aliphatic carbocycles. The van der Waals surface area contributed by atoms with Crippen molar-refractivity contribution in [3.63, 3.8) is 0 Å². The molecule has 4 unspecified atom stereocenters. The molecule has 4 aromatic heterocycles. The molecule has 8 bridgehead atoms. The molecule has 0 N–H and O–H groups in total. The van der Waals surface area contributed by atoms with Crippen molar-refractivity contribution < 1.29 is 95.0 Å². The molecule has 776 valence electrons. The van der Waals surface area contributed by atoms with Gasteiger partial charge in [-0.2, -0.15) is 0 Å². The second kappa shape index (κ2) is 40.3. The van der Waals surface area contributed by atoms with Crippen LogP contribution in [0, 0.1) is 0 Å². The van der Waals surface area contributed by atoms with Crippen molar-refractivity contribution in [1.82, 2.24) is 79.6 Å². The second-order valence-electron chi connectivity index (χ2n) is 43.7. The van der Waals surface area contributed by atoms with Gasteiger partial charge in [0.05, 0.1) is 97.4 Å². The van der Waals surface area contributed by atoms with Gasteiger partial charge >= 0.3 is 24.4 Å². The lowest BCUT2D eigenvalue weighted by Gasteiger charge is -2.36. The number of likely N-dealkylation sites (tertiary alicyclic amines) is 4. The van der Waals surface area contributed by atoms with Crippen molar-refractivity contribution in [3.8, 4) is 114 Å². The maximum Gasteiger partial charge on any atom is 0.410 e. The summed E-state index contributed by atoms with van der Waals surface area (Å²) in [4.78, 5) is 60.6. The molecule has 0 spiro atoms. The minimum absolute atomic E-state index is 0.0432. The molecular weight excluding hydrogens is 1890 g/mol. The third kappa shape index (κ3) is 21.0. The van der Waals surface area contributed by atoms with Gasteiger partial charge in [0.2, 0.25) is 27.2 Å². The summed E-state index contributed by atoms with van der Waals surface area (Å²) >= 11 is 0. The number of carbonyl (C=O) groups excluding carboxylic acids is 4. The van der Waals surface area contributed by atoms with Crippen LogP contribution in [0.3, 0.4) is 0 Å². The van der Waals surface area contributed by atoms with E-state index in [-0.39, 0.29) is 102 Å². The zero-order valence-corrected chi connectivity index (χ0v) is 86.8. The minimum Gasteiger partial charge on any atom is -0.489 e. The average molecular weight is 2020 g/mol. The van der Waals surface area contributed by atoms with E-state index in [1.54, 1.807) is 38.3 Å². The van der Waals surface area contributed by atoms with E-state index in [0.717, 1.165) is 118 Å². The van der Waals surface area contributed by atoms with Crippen molar-refractivity contribution in [2.45, 2.75) is 285 Å². The summed E-state index contributed by atoms with van der Waals surface area (Å²) in [5.41, 5.74) is 12.3. The van der Waals surface area contributed by atoms with Crippen molar-refractivity contribution in [2.75, 3.05) is 53.4 Å². The largest absolute Gasteiger partial charge is 0.489 e. The van der Waals surface area contributed by atoms with Gasteiger partial charge in [-0.15, -0.1) is 20.4 Å². The van der Waals surface area contributed by atoms with Crippen LogP contribution in [-0.4, -0.2) is 204 Å². The molecule has 4 amide bonds. The first kappa shape index (κ1) is 99.0. The van der Waals surface area contributed by atoms with Crippen LogP contribution in [0.15, 0.2) is 146 Å². The lowest BCUT2D eigenvalue weighted by atomic mass is 9.78. The first-order valence-electron chi connectivity index (χ1n) is 51.4. The number of amides is 4. The first-order valence-corrected chi connectivity index (χ1v) is 51.4. The average Bonchev–Trinajstić information content (AvgIpc) is 0.723. The highest BCUT2D eigenvalue weighted by atomic mass is 16.7. The highest BCUT2D eigenvalue weighted by Crippen LogP contribution is 2.58. The Morgan fingerprint density at radius 2 is 0.466 bits per heavy atom. The Kier molecular flexibility index (Phi) is 27.0. The number of benzene rings is 8. The molecule has 12 aromatic rings. The van der Waals surface area contributed by atoms with Gasteiger partial charge in [0, 0.05) is 117 Å². The van der Waals surface area contributed by atoms with Gasteiger partial charge in [0.1, 0.15) is 141 Å². The Morgan fingerprint density at radius 1 is 0.284 bits per heavy atom. The number of carbonyl (C=O) groups is 4. The molecule has 36 nitrogen and oxygen atoms in total. The fraction of sp³-hybridized carbons (Fsp3) is 0.464. The third-order valence-electron chi connectivity index (χ3n) is 28.8. The van der Waals surface area contributed by atoms with Crippen molar-refractivity contribution >= 4 is 24.4 Å². The standard InChI is InChI=1S/C112H128N16O20/c1-65-81-45-83-66(2)85-47-87-68(4)88-48-86-67(3)84-46-82(65)98-90(58-134-78-35-27-70(28-36-78)94-54-122(118-114-94)50-74-22-18-42-126(74)106(130)146-110(8,9)10)100(84)140-63-142-102(86)92(60-136-80-39-31-72(32-40-80)96-56-124(120-116-96)52-76-24-20-44-128(76)108(132)148-112(14,15)16)104(88)144-64-143-103(87)91(59-135-79-37-29-71(30-38-79)95-55-123(119-115-95)51-75-23-19-43-127(75)107(131)147-111(11,12)13)101(85)141-62-139-99(83)89(97(81)137-61-138-98)57-133-77-33-25-69(26-34-77)93-53-121(117-113-93)49-73-21-17-41-125(73)105(129)145-109(5,6)7/h25-40,45-48,53-56,65-68,73-76H,17-24,41-44,49-52,57-64H2,1-16H3. The summed E-state index contributed by atoms with van der Waals surface area (Å²) in [5, 5.41) is 36.6. The third-order valence-corrected chi connectivity index (χ3v) is 28.8. The van der Waals surface area contributed by atoms with E-state index in [1.165, 1.54) is 0 Å². The zero-order valence-electron chi connectivity index (χ0n) is 86.8. The van der Waals surface area contributed by atoms with Crippen LogP contribution in [0.4, 0.5) is 19.2 Å². The van der Waals surface area contributed by atoms with E-state index in [9.17, 15) is 19.2 Å². The summed E-state index contributed by atoms with van der Waals surface area (Å²) in [6.07, 6.45) is 12.9. The molecule has 4 fully saturated rings. The van der Waals surface area contributed by atoms with E-state index in [4.69, 9.17) is 75.8 Å². The highest BCUT2D eigenvalue weighted by molar-refractivity contribution is 5.74. The highest BCUT2D eigenvalue weighted by Gasteiger charge is 2.44. The van der Waals surface area contributed by atoms with Gasteiger partial charge in [0.25, 0.3) is 0 Å². The van der Waals surface area contributed by atoms with Crippen LogP contribution in [0.25, 0.3) is 45.0 Å². The topological polar surface area (TPSA) is 352 Å². The van der Waals surface area contributed by atoms with Crippen LogP contribution < -0.4 is 56.8 Å². The molecule has 8 aromatic carbocycles. The van der Waals surface area contributed by atoms with Crippen LogP contribution in [-0.2, 0) is 71.6 Å². The minimum atomic E-state index is -0.630. The monoisotopic (exact) mass is 2020 g/mol. The second-order valence-corrected chi connectivity index (χ2v) is 43.7. The molecule has 8 aliphatic heterocycles. The summed E-state index contributed by atoms with van der Waals surface area (Å²) in [6.45, 7) is 34.1. The van der Waals surface area contributed by atoms with Crippen LogP contribution in [0.2, 0.25) is 0 Å². The fourth-order valence-electron chi connectivity index (χ4n) is 21.5. The van der Waals surface area contributed by atoms with Gasteiger partial charge in [-0.25, -0.2) is 37.9 Å². The van der Waals surface area contributed by atoms with Crippen molar-refractivity contribution in [2.24, 2.45) is 0 Å². The van der Waals surface area contributed by atoms with E-state index >= 15 is 0 Å². The zero-order chi connectivity index (χ0) is 103. The number of rotatable bonds is 24. The molecule has 0 saturated carbocycles. The van der Waals surface area contributed by atoms with Gasteiger partial charge in [-0.05, 0) is 256 Å². The molecule has 4 saturated heterocycles. The Balaban J connectivity index is 0.654. The summed E-state index contributed by atoms with van der Waals surface area (Å²) in [6, 6.07) is 39.3. The first-order chi connectivity index (χ1) is 71.1. The number of hydrogen-bond donors (Lipinski definition) is 0. The smallest absolute Gasteiger partial charge is 0.410 e. The van der Waals surface area contributed by atoms with Gasteiger partial charge in [0.15, 0.2) is 0 Å². The fourth-order valence-corrected chi connectivity index (χ4v) is 21.5. The number of ether oxygens (including phenoxy) is 16. The lowest BCUT2D eigenvalue weighted by molar-refractivity contribution is 0.0200. The van der Waals surface area contributed by atoms with Gasteiger partial charge < -0.3 is 95.4 Å². The maximum atomic E-state index is 13.4. The van der Waals surface area contributed by atoms with Crippen LogP contribution in [0.5, 0.6) is 69.0 Å². The molecule has 0 radical (unpaired) electrons. The molecule has 9 aliphatic rings. The van der Waals surface area contributed by atoms with E-state index in [2.05, 4.69) is 93.2 Å². The molecule has 12 heterocycles. The summed E-state index contributed by atoms with van der Waals surface area (Å²) < 4.78 is 116. The van der Waals surface area contributed by atoms with E-state index in [1.807, 2.05) is 205 Å². The molecule has 148 heavy (non-hydrogen) atoms. The predicted octanol–water partition coefficient (Wildman–Crippen LogP) is 20.5. The Morgan fingerprint density at radius 3 is 0.642 bits per heavy atom. The summed E-state index contributed by atoms with van der Waals surface area (Å²) in [7, 11) is 0. The Hall–Kier alpha value is -15.0. The predicted molar refractivity (Wildman–Crippen MR) is 543 cm³/mol. The maximum absolute atomic E-state index is 13.4. The lowest BCUT2D eigenvalue weighted by Crippen LogP contribution is -2.41. The van der Waals surface area contributed by atoms with Crippen molar-refractivity contribution in [3.05, 3.63) is 213 Å². The molecule has 4 atom stereocenters. The molecule has 36 heteroatoms. The summed E-state index contributed by atoms with van der Waals surface area (Å²) in [5.74, 6) is 4.07. The quantitative estimate of drug-likeness (QED) is 0.0507. The van der Waals surface area contributed by atoms with Crippen LogP contribution in [0.1, 0.15) is 253 Å². The normalized spacial score (nSPS) is 19.6. The van der Waals surface area contributed by atoms with E-state index in [0.29, 0.717) is 166 Å². The molecule has 21 rings (SSSR count). The molecular formula is C112H128N16O20.